The molecule has 1 fully saturated rings. The summed E-state index contributed by atoms with van der Waals surface area (Å²) in [5, 5.41) is 4.31. The standard InChI is InChI=1S/C26H31ClN4O4/c1-2-35-23-7-8-24-19(16-23)15-20(25(32)29-24)18-31(10-4-9-30-11-13-34-14-12-30)26(33)28-22-6-3-5-21(27)17-22/h3,5-8,15-17H,2,4,9-14,18H2,1H3,(H,28,33)(H,29,32). The number of pyridine rings is 1. The van der Waals surface area contributed by atoms with E-state index in [1.54, 1.807) is 29.2 Å². The molecule has 1 aliphatic rings. The van der Waals surface area contributed by atoms with Crippen LogP contribution in [0.25, 0.3) is 10.9 Å². The molecule has 2 aromatic carbocycles. The molecular weight excluding hydrogens is 468 g/mol. The molecule has 0 saturated carbocycles. The summed E-state index contributed by atoms with van der Waals surface area (Å²) in [5.41, 5.74) is 1.63. The van der Waals surface area contributed by atoms with Gasteiger partial charge in [0.1, 0.15) is 5.75 Å². The average molecular weight is 499 g/mol. The first kappa shape index (κ1) is 25.0. The predicted octanol–water partition coefficient (Wildman–Crippen LogP) is 4.34. The van der Waals surface area contributed by atoms with Gasteiger partial charge in [-0.1, -0.05) is 17.7 Å². The Morgan fingerprint density at radius 2 is 2.03 bits per heavy atom. The number of nitrogens with one attached hydrogen (secondary N) is 2. The number of ether oxygens (including phenoxy) is 2. The first-order valence-electron chi connectivity index (χ1n) is 11.9. The highest BCUT2D eigenvalue weighted by atomic mass is 35.5. The third kappa shape index (κ3) is 6.97. The Labute approximate surface area is 209 Å². The van der Waals surface area contributed by atoms with E-state index in [9.17, 15) is 9.59 Å². The van der Waals surface area contributed by atoms with Crippen molar-refractivity contribution in [3.05, 3.63) is 69.5 Å². The molecule has 186 valence electrons. The first-order valence-corrected chi connectivity index (χ1v) is 12.3. The highest BCUT2D eigenvalue weighted by molar-refractivity contribution is 6.30. The van der Waals surface area contributed by atoms with Gasteiger partial charge < -0.3 is 24.7 Å². The summed E-state index contributed by atoms with van der Waals surface area (Å²) in [6, 6.07) is 14.1. The van der Waals surface area contributed by atoms with Crippen molar-refractivity contribution >= 4 is 34.2 Å². The highest BCUT2D eigenvalue weighted by Gasteiger charge is 2.18. The molecule has 0 atom stereocenters. The van der Waals surface area contributed by atoms with Crippen molar-refractivity contribution in [2.75, 3.05) is 51.3 Å². The lowest BCUT2D eigenvalue weighted by Crippen LogP contribution is -2.40. The quantitative estimate of drug-likeness (QED) is 0.458. The molecule has 8 nitrogen and oxygen atoms in total. The Morgan fingerprint density at radius 3 is 2.80 bits per heavy atom. The molecule has 1 aromatic heterocycles. The normalized spacial score (nSPS) is 14.1. The van der Waals surface area contributed by atoms with Crippen LogP contribution in [0, 0.1) is 0 Å². The van der Waals surface area contributed by atoms with E-state index in [4.69, 9.17) is 21.1 Å². The van der Waals surface area contributed by atoms with E-state index in [1.165, 1.54) is 0 Å². The SMILES string of the molecule is CCOc1ccc2[nH]c(=O)c(CN(CCCN3CCOCC3)C(=O)Nc3cccc(Cl)c3)cc2c1. The van der Waals surface area contributed by atoms with E-state index in [2.05, 4.69) is 15.2 Å². The number of H-pyrrole nitrogens is 1. The Bertz CT molecular complexity index is 1210. The third-order valence-corrected chi connectivity index (χ3v) is 6.17. The molecule has 3 aromatic rings. The fourth-order valence-corrected chi connectivity index (χ4v) is 4.33. The number of morpholine rings is 1. The lowest BCUT2D eigenvalue weighted by Gasteiger charge is -2.28. The van der Waals surface area contributed by atoms with Gasteiger partial charge in [-0.15, -0.1) is 0 Å². The number of urea groups is 1. The Balaban J connectivity index is 1.53. The second-order valence-electron chi connectivity index (χ2n) is 8.48. The number of halogens is 1. The van der Waals surface area contributed by atoms with Crippen LogP contribution in [0.1, 0.15) is 18.9 Å². The van der Waals surface area contributed by atoms with E-state index in [-0.39, 0.29) is 18.1 Å². The fraction of sp³-hybridized carbons (Fsp3) is 0.385. The van der Waals surface area contributed by atoms with Crippen molar-refractivity contribution in [3.8, 4) is 5.75 Å². The maximum atomic E-state index is 13.2. The molecule has 2 heterocycles. The van der Waals surface area contributed by atoms with Crippen LogP contribution in [-0.2, 0) is 11.3 Å². The highest BCUT2D eigenvalue weighted by Crippen LogP contribution is 2.20. The molecular formula is C26H31ClN4O4. The van der Waals surface area contributed by atoms with Crippen LogP contribution in [0.4, 0.5) is 10.5 Å². The van der Waals surface area contributed by atoms with Crippen molar-refractivity contribution in [1.82, 2.24) is 14.8 Å². The molecule has 2 N–H and O–H groups in total. The first-order chi connectivity index (χ1) is 17.0. The average Bonchev–Trinajstić information content (AvgIpc) is 2.85. The molecule has 35 heavy (non-hydrogen) atoms. The van der Waals surface area contributed by atoms with E-state index >= 15 is 0 Å². The monoisotopic (exact) mass is 498 g/mol. The third-order valence-electron chi connectivity index (χ3n) is 5.93. The van der Waals surface area contributed by atoms with E-state index in [0.29, 0.717) is 29.4 Å². The second-order valence-corrected chi connectivity index (χ2v) is 8.91. The smallest absolute Gasteiger partial charge is 0.322 e. The van der Waals surface area contributed by atoms with Crippen LogP contribution in [0.2, 0.25) is 5.02 Å². The Morgan fingerprint density at radius 1 is 1.20 bits per heavy atom. The van der Waals surface area contributed by atoms with Crippen molar-refractivity contribution in [2.24, 2.45) is 0 Å². The van der Waals surface area contributed by atoms with E-state index in [1.807, 2.05) is 31.2 Å². The molecule has 9 heteroatoms. The number of fused-ring (bicyclic) bond motifs is 1. The van der Waals surface area contributed by atoms with Crippen LogP contribution in [0.3, 0.4) is 0 Å². The summed E-state index contributed by atoms with van der Waals surface area (Å²) < 4.78 is 11.0. The molecule has 0 unspecified atom stereocenters. The number of anilines is 1. The predicted molar refractivity (Wildman–Crippen MR) is 138 cm³/mol. The van der Waals surface area contributed by atoms with Crippen LogP contribution in [0.15, 0.2) is 53.3 Å². The van der Waals surface area contributed by atoms with Gasteiger partial charge in [-0.05, 0) is 55.8 Å². The number of amides is 2. The molecule has 0 aliphatic carbocycles. The van der Waals surface area contributed by atoms with Gasteiger partial charge in [-0.25, -0.2) is 4.79 Å². The molecule has 2 amide bonds. The molecule has 1 aliphatic heterocycles. The Kier molecular flexibility index (Phi) is 8.63. The topological polar surface area (TPSA) is 86.9 Å². The number of benzene rings is 2. The van der Waals surface area contributed by atoms with E-state index < -0.39 is 0 Å². The van der Waals surface area contributed by atoms with Crippen molar-refractivity contribution in [3.63, 3.8) is 0 Å². The summed E-state index contributed by atoms with van der Waals surface area (Å²) in [6.45, 7) is 7.26. The number of carbonyl (C=O) groups excluding carboxylic acids is 1. The van der Waals surface area contributed by atoms with E-state index in [0.717, 1.165) is 55.9 Å². The number of aromatic amines is 1. The second kappa shape index (κ2) is 12.1. The van der Waals surface area contributed by atoms with Crippen LogP contribution in [-0.4, -0.2) is 66.8 Å². The van der Waals surface area contributed by atoms with Gasteiger partial charge in [0, 0.05) is 53.4 Å². The van der Waals surface area contributed by atoms with Gasteiger partial charge in [0.2, 0.25) is 0 Å². The zero-order chi connectivity index (χ0) is 24.6. The van der Waals surface area contributed by atoms with Crippen LogP contribution in [0.5, 0.6) is 5.75 Å². The number of rotatable bonds is 9. The molecule has 1 saturated heterocycles. The van der Waals surface area contributed by atoms with Gasteiger partial charge in [0.25, 0.3) is 5.56 Å². The summed E-state index contributed by atoms with van der Waals surface area (Å²) in [5.74, 6) is 0.735. The zero-order valence-electron chi connectivity index (χ0n) is 19.9. The van der Waals surface area contributed by atoms with Crippen LogP contribution >= 0.6 is 11.6 Å². The van der Waals surface area contributed by atoms with Gasteiger partial charge in [0.15, 0.2) is 0 Å². The Hall–Kier alpha value is -3.07. The summed E-state index contributed by atoms with van der Waals surface area (Å²) in [6.07, 6.45) is 0.781. The molecule has 0 bridgehead atoms. The molecule has 4 rings (SSSR count). The number of aromatic nitrogens is 1. The minimum Gasteiger partial charge on any atom is -0.494 e. The summed E-state index contributed by atoms with van der Waals surface area (Å²) in [4.78, 5) is 33.0. The number of nitrogens with zero attached hydrogens (tertiary/aromatic N) is 2. The zero-order valence-corrected chi connectivity index (χ0v) is 20.6. The maximum absolute atomic E-state index is 13.2. The van der Waals surface area contributed by atoms with Gasteiger partial charge in [-0.3, -0.25) is 9.69 Å². The number of carbonyl (C=O) groups is 1. The largest absolute Gasteiger partial charge is 0.494 e. The lowest BCUT2D eigenvalue weighted by molar-refractivity contribution is 0.0365. The summed E-state index contributed by atoms with van der Waals surface area (Å²) >= 11 is 6.08. The van der Waals surface area contributed by atoms with Gasteiger partial charge in [-0.2, -0.15) is 0 Å². The molecule has 0 spiro atoms. The van der Waals surface area contributed by atoms with Crippen molar-refractivity contribution in [2.45, 2.75) is 19.9 Å². The molecule has 0 radical (unpaired) electrons. The van der Waals surface area contributed by atoms with Gasteiger partial charge in [0.05, 0.1) is 26.4 Å². The van der Waals surface area contributed by atoms with Gasteiger partial charge >= 0.3 is 6.03 Å². The van der Waals surface area contributed by atoms with Crippen molar-refractivity contribution < 1.29 is 14.3 Å². The maximum Gasteiger partial charge on any atom is 0.322 e. The summed E-state index contributed by atoms with van der Waals surface area (Å²) in [7, 11) is 0. The number of hydrogen-bond donors (Lipinski definition) is 2. The fourth-order valence-electron chi connectivity index (χ4n) is 4.14. The van der Waals surface area contributed by atoms with Crippen molar-refractivity contribution in [1.29, 1.82) is 0 Å². The van der Waals surface area contributed by atoms with Crippen LogP contribution < -0.4 is 15.6 Å². The minimum atomic E-state index is -0.281. The minimum absolute atomic E-state index is 0.180. The lowest BCUT2D eigenvalue weighted by atomic mass is 10.1. The number of hydrogen-bond acceptors (Lipinski definition) is 5.